The van der Waals surface area contributed by atoms with Crippen LogP contribution >= 0.6 is 0 Å². The van der Waals surface area contributed by atoms with Crippen LogP contribution < -0.4 is 9.62 Å². The fourth-order valence-corrected chi connectivity index (χ4v) is 3.14. The van der Waals surface area contributed by atoms with E-state index in [1.54, 1.807) is 6.92 Å². The van der Waals surface area contributed by atoms with Crippen LogP contribution in [-0.2, 0) is 10.2 Å². The minimum absolute atomic E-state index is 0.417. The fourth-order valence-electron chi connectivity index (χ4n) is 1.86. The van der Waals surface area contributed by atoms with E-state index in [4.69, 9.17) is 4.42 Å². The molecule has 1 aliphatic heterocycles. The topological polar surface area (TPSA) is 91.6 Å². The van der Waals surface area contributed by atoms with Crippen LogP contribution in [0.3, 0.4) is 0 Å². The number of hydrogen-bond donors (Lipinski definition) is 1. The first kappa shape index (κ1) is 14.2. The van der Waals surface area contributed by atoms with Crippen molar-refractivity contribution in [1.82, 2.24) is 19.2 Å². The molecule has 0 amide bonds. The number of hydrogen-bond acceptors (Lipinski definition) is 6. The van der Waals surface area contributed by atoms with Crippen molar-refractivity contribution in [2.75, 3.05) is 37.6 Å². The number of rotatable bonds is 5. The van der Waals surface area contributed by atoms with Gasteiger partial charge in [0.1, 0.15) is 0 Å². The van der Waals surface area contributed by atoms with Crippen LogP contribution in [0.5, 0.6) is 0 Å². The van der Waals surface area contributed by atoms with Gasteiger partial charge in [0.2, 0.25) is 5.89 Å². The molecule has 1 N–H and O–H groups in total. The largest absolute Gasteiger partial charge is 0.408 e. The van der Waals surface area contributed by atoms with E-state index in [9.17, 15) is 8.42 Å². The molecular formula is C10H19N5O3S. The summed E-state index contributed by atoms with van der Waals surface area (Å²) in [5.41, 5.74) is 0. The molecule has 0 radical (unpaired) electrons. The number of piperazine rings is 1. The van der Waals surface area contributed by atoms with Gasteiger partial charge in [0, 0.05) is 39.6 Å². The van der Waals surface area contributed by atoms with E-state index in [1.165, 1.54) is 4.31 Å². The number of nitrogens with one attached hydrogen (secondary N) is 1. The Labute approximate surface area is 113 Å². The zero-order valence-corrected chi connectivity index (χ0v) is 12.0. The zero-order valence-electron chi connectivity index (χ0n) is 11.2. The zero-order chi connectivity index (χ0) is 13.9. The lowest BCUT2D eigenvalue weighted by atomic mass is 10.4. The summed E-state index contributed by atoms with van der Waals surface area (Å²) in [6.45, 7) is 6.06. The summed E-state index contributed by atoms with van der Waals surface area (Å²) >= 11 is 0. The van der Waals surface area contributed by atoms with E-state index in [1.807, 2.05) is 11.8 Å². The molecule has 108 valence electrons. The lowest BCUT2D eigenvalue weighted by molar-refractivity contribution is 0.365. The first-order valence-electron chi connectivity index (χ1n) is 6.32. The van der Waals surface area contributed by atoms with Crippen LogP contribution in [0.15, 0.2) is 4.42 Å². The number of nitrogens with zero attached hydrogens (tertiary/aromatic N) is 4. The second kappa shape index (κ2) is 5.85. The normalized spacial score (nSPS) is 17.9. The standard InChI is InChI=1S/C10H19N5O3S/c1-3-4-11-19(16,17)15-7-5-14(6-8-15)10-13-12-9(2)18-10/h11H,3-8H2,1-2H3. The van der Waals surface area contributed by atoms with E-state index < -0.39 is 10.2 Å². The summed E-state index contributed by atoms with van der Waals surface area (Å²) in [7, 11) is -3.36. The predicted octanol–water partition coefficient (Wildman–Crippen LogP) is -0.256. The van der Waals surface area contributed by atoms with Gasteiger partial charge in [-0.25, -0.2) is 4.72 Å². The molecule has 0 spiro atoms. The minimum Gasteiger partial charge on any atom is -0.408 e. The van der Waals surface area contributed by atoms with Gasteiger partial charge in [-0.1, -0.05) is 12.0 Å². The van der Waals surface area contributed by atoms with E-state index >= 15 is 0 Å². The Hall–Kier alpha value is -1.19. The highest BCUT2D eigenvalue weighted by molar-refractivity contribution is 7.87. The van der Waals surface area contributed by atoms with Gasteiger partial charge in [0.05, 0.1) is 0 Å². The molecule has 9 heteroatoms. The molecule has 2 heterocycles. The van der Waals surface area contributed by atoms with Gasteiger partial charge >= 0.3 is 6.01 Å². The maximum Gasteiger partial charge on any atom is 0.318 e. The second-order valence-electron chi connectivity index (χ2n) is 4.39. The van der Waals surface area contributed by atoms with Crippen molar-refractivity contribution in [3.63, 3.8) is 0 Å². The molecular weight excluding hydrogens is 270 g/mol. The molecule has 1 saturated heterocycles. The van der Waals surface area contributed by atoms with Gasteiger partial charge in [-0.2, -0.15) is 12.7 Å². The van der Waals surface area contributed by atoms with Crippen molar-refractivity contribution < 1.29 is 12.8 Å². The van der Waals surface area contributed by atoms with Crippen molar-refractivity contribution in [3.8, 4) is 0 Å². The molecule has 1 aromatic heterocycles. The summed E-state index contributed by atoms with van der Waals surface area (Å²) < 4.78 is 33.2. The first-order valence-corrected chi connectivity index (χ1v) is 7.76. The predicted molar refractivity (Wildman–Crippen MR) is 70.0 cm³/mol. The maximum atomic E-state index is 11.9. The minimum atomic E-state index is -3.36. The van der Waals surface area contributed by atoms with Crippen LogP contribution in [0, 0.1) is 6.92 Å². The van der Waals surface area contributed by atoms with Gasteiger partial charge in [0.25, 0.3) is 10.2 Å². The van der Waals surface area contributed by atoms with Crippen LogP contribution in [0.1, 0.15) is 19.2 Å². The van der Waals surface area contributed by atoms with Crippen LogP contribution in [-0.4, -0.2) is 55.6 Å². The lowest BCUT2D eigenvalue weighted by Crippen LogP contribution is -2.52. The Bertz CT molecular complexity index is 507. The average molecular weight is 289 g/mol. The second-order valence-corrected chi connectivity index (χ2v) is 6.14. The summed E-state index contributed by atoms with van der Waals surface area (Å²) in [4.78, 5) is 1.89. The van der Waals surface area contributed by atoms with Gasteiger partial charge in [-0.15, -0.1) is 5.10 Å². The SMILES string of the molecule is CCCNS(=O)(=O)N1CCN(c2nnc(C)o2)CC1. The number of anilines is 1. The van der Waals surface area contributed by atoms with Crippen molar-refractivity contribution in [3.05, 3.63) is 5.89 Å². The molecule has 8 nitrogen and oxygen atoms in total. The van der Waals surface area contributed by atoms with E-state index in [2.05, 4.69) is 14.9 Å². The Morgan fingerprint density at radius 2 is 1.95 bits per heavy atom. The summed E-state index contributed by atoms with van der Waals surface area (Å²) in [5.74, 6) is 0.509. The van der Waals surface area contributed by atoms with E-state index in [0.29, 0.717) is 44.6 Å². The maximum absolute atomic E-state index is 11.9. The molecule has 1 fully saturated rings. The Kier molecular flexibility index (Phi) is 4.38. The molecule has 0 aromatic carbocycles. The highest BCUT2D eigenvalue weighted by Crippen LogP contribution is 2.15. The van der Waals surface area contributed by atoms with Crippen LogP contribution in [0.4, 0.5) is 6.01 Å². The van der Waals surface area contributed by atoms with Gasteiger partial charge in [-0.05, 0) is 6.42 Å². The third-order valence-electron chi connectivity index (χ3n) is 2.90. The van der Waals surface area contributed by atoms with Crippen molar-refractivity contribution >= 4 is 16.2 Å². The third kappa shape index (κ3) is 3.43. The molecule has 1 aliphatic rings. The van der Waals surface area contributed by atoms with Crippen LogP contribution in [0.25, 0.3) is 0 Å². The van der Waals surface area contributed by atoms with Gasteiger partial charge < -0.3 is 9.32 Å². The highest BCUT2D eigenvalue weighted by atomic mass is 32.2. The highest BCUT2D eigenvalue weighted by Gasteiger charge is 2.28. The van der Waals surface area contributed by atoms with Crippen LogP contribution in [0.2, 0.25) is 0 Å². The molecule has 0 saturated carbocycles. The number of aryl methyl sites for hydroxylation is 1. The van der Waals surface area contributed by atoms with Gasteiger partial charge in [0.15, 0.2) is 0 Å². The van der Waals surface area contributed by atoms with E-state index in [-0.39, 0.29) is 0 Å². The average Bonchev–Trinajstić information content (AvgIpc) is 2.83. The molecule has 0 atom stereocenters. The van der Waals surface area contributed by atoms with Gasteiger partial charge in [-0.3, -0.25) is 0 Å². The molecule has 0 bridgehead atoms. The fraction of sp³-hybridized carbons (Fsp3) is 0.800. The summed E-state index contributed by atoms with van der Waals surface area (Å²) in [6.07, 6.45) is 0.778. The third-order valence-corrected chi connectivity index (χ3v) is 4.51. The first-order chi connectivity index (χ1) is 9.03. The van der Waals surface area contributed by atoms with Crippen molar-refractivity contribution in [2.45, 2.75) is 20.3 Å². The Morgan fingerprint density at radius 1 is 1.26 bits per heavy atom. The van der Waals surface area contributed by atoms with Crippen molar-refractivity contribution in [2.24, 2.45) is 0 Å². The monoisotopic (exact) mass is 289 g/mol. The molecule has 2 rings (SSSR count). The Balaban J connectivity index is 1.92. The molecule has 0 unspecified atom stereocenters. The van der Waals surface area contributed by atoms with Crippen molar-refractivity contribution in [1.29, 1.82) is 0 Å². The smallest absolute Gasteiger partial charge is 0.318 e. The summed E-state index contributed by atoms with van der Waals surface area (Å²) in [5, 5.41) is 7.70. The summed E-state index contributed by atoms with van der Waals surface area (Å²) in [6, 6.07) is 0.455. The molecule has 0 aliphatic carbocycles. The number of aromatic nitrogens is 2. The Morgan fingerprint density at radius 3 is 2.47 bits per heavy atom. The molecule has 1 aromatic rings. The van der Waals surface area contributed by atoms with E-state index in [0.717, 1.165) is 6.42 Å². The molecule has 19 heavy (non-hydrogen) atoms. The quantitative estimate of drug-likeness (QED) is 0.803. The lowest BCUT2D eigenvalue weighted by Gasteiger charge is -2.32.